The second kappa shape index (κ2) is 9.96. The molecule has 1 heterocycles. The monoisotopic (exact) mass is 452 g/mol. The number of hydrogen-bond donors (Lipinski definition) is 1. The van der Waals surface area contributed by atoms with Crippen LogP contribution >= 0.6 is 23.2 Å². The Bertz CT molecular complexity index is 959. The van der Waals surface area contributed by atoms with Crippen molar-refractivity contribution in [2.75, 3.05) is 14.2 Å². The molecule has 1 aromatic carbocycles. The summed E-state index contributed by atoms with van der Waals surface area (Å²) in [7, 11) is 3.75. The highest BCUT2D eigenvalue weighted by molar-refractivity contribution is 6.34. The number of ether oxygens (including phenoxy) is 1. The van der Waals surface area contributed by atoms with Gasteiger partial charge in [-0.25, -0.2) is 4.79 Å². The predicted octanol–water partition coefficient (Wildman–Crippen LogP) is 4.10. The van der Waals surface area contributed by atoms with Gasteiger partial charge in [-0.15, -0.1) is 0 Å². The minimum absolute atomic E-state index is 0.0864. The van der Waals surface area contributed by atoms with Crippen molar-refractivity contribution in [2.45, 2.75) is 50.9 Å². The van der Waals surface area contributed by atoms with Crippen molar-refractivity contribution in [3.8, 4) is 0 Å². The number of hydrogen-bond acceptors (Lipinski definition) is 4. The van der Waals surface area contributed by atoms with Crippen LogP contribution in [0.2, 0.25) is 10.0 Å². The molecule has 8 heteroatoms. The first kappa shape index (κ1) is 22.8. The number of methoxy groups -OCH3 is 1. The highest BCUT2D eigenvalue weighted by Crippen LogP contribution is 2.28. The lowest BCUT2D eigenvalue weighted by Gasteiger charge is -2.30. The Kier molecular flexibility index (Phi) is 7.58. The Morgan fingerprint density at radius 2 is 1.93 bits per heavy atom. The van der Waals surface area contributed by atoms with Crippen LogP contribution in [0.5, 0.6) is 0 Å². The second-order valence-corrected chi connectivity index (χ2v) is 8.50. The van der Waals surface area contributed by atoms with E-state index in [1.807, 2.05) is 7.05 Å². The highest BCUT2D eigenvalue weighted by atomic mass is 35.5. The molecular weight excluding hydrogens is 427 g/mol. The van der Waals surface area contributed by atoms with E-state index >= 15 is 0 Å². The molecule has 0 radical (unpaired) electrons. The fourth-order valence-corrected chi connectivity index (χ4v) is 4.67. The fraction of sp³-hybridized carbons (Fsp3) is 0.455. The molecule has 2 atom stereocenters. The SMILES string of the molecule is CO[C@H]1CCC[C@@H]1N(C)Cc1c(Cl)cc(Cl)c(=O)n1CCc1ccc(C(=O)O)cc1. The van der Waals surface area contributed by atoms with Gasteiger partial charge < -0.3 is 14.4 Å². The number of aromatic carboxylic acids is 1. The van der Waals surface area contributed by atoms with Crippen LogP contribution < -0.4 is 5.56 Å². The third-order valence-electron chi connectivity index (χ3n) is 5.82. The van der Waals surface area contributed by atoms with Crippen LogP contribution in [0.3, 0.4) is 0 Å². The summed E-state index contributed by atoms with van der Waals surface area (Å²) in [6, 6.07) is 8.42. The van der Waals surface area contributed by atoms with E-state index in [2.05, 4.69) is 4.90 Å². The lowest BCUT2D eigenvalue weighted by molar-refractivity contribution is 0.0395. The Balaban J connectivity index is 1.82. The Hall–Kier alpha value is -1.86. The summed E-state index contributed by atoms with van der Waals surface area (Å²) in [5, 5.41) is 9.58. The number of aromatic nitrogens is 1. The molecule has 6 nitrogen and oxygen atoms in total. The Morgan fingerprint density at radius 1 is 1.23 bits per heavy atom. The first-order valence-electron chi connectivity index (χ1n) is 9.94. The molecule has 0 bridgehead atoms. The summed E-state index contributed by atoms with van der Waals surface area (Å²) in [5.41, 5.74) is 1.60. The molecule has 1 aromatic heterocycles. The van der Waals surface area contributed by atoms with E-state index in [-0.39, 0.29) is 28.3 Å². The van der Waals surface area contributed by atoms with Crippen LogP contribution in [-0.2, 0) is 24.2 Å². The van der Waals surface area contributed by atoms with E-state index in [9.17, 15) is 9.59 Å². The number of likely N-dealkylation sites (N-methyl/N-ethyl adjacent to an activating group) is 1. The van der Waals surface area contributed by atoms with Gasteiger partial charge in [-0.1, -0.05) is 35.3 Å². The lowest BCUT2D eigenvalue weighted by atomic mass is 10.1. The van der Waals surface area contributed by atoms with E-state index in [0.717, 1.165) is 30.5 Å². The molecule has 1 aliphatic carbocycles. The van der Waals surface area contributed by atoms with Gasteiger partial charge in [0.15, 0.2) is 0 Å². The fourth-order valence-electron chi connectivity index (χ4n) is 4.13. The standard InChI is InChI=1S/C22H26Cl2N2O4/c1-25(18-4-3-5-20(18)30-2)13-19-16(23)12-17(24)21(27)26(19)11-10-14-6-8-15(9-7-14)22(28)29/h6-9,12,18,20H,3-5,10-11,13H2,1-2H3,(H,28,29)/t18-,20-/m0/s1. The van der Waals surface area contributed by atoms with Gasteiger partial charge in [0.25, 0.3) is 5.56 Å². The molecular formula is C22H26Cl2N2O4. The molecule has 0 amide bonds. The van der Waals surface area contributed by atoms with Gasteiger partial charge in [-0.05, 0) is 56.5 Å². The van der Waals surface area contributed by atoms with E-state index in [0.29, 0.717) is 24.5 Å². The molecule has 1 N–H and O–H groups in total. The van der Waals surface area contributed by atoms with Crippen LogP contribution in [-0.4, -0.2) is 46.8 Å². The molecule has 30 heavy (non-hydrogen) atoms. The highest BCUT2D eigenvalue weighted by Gasteiger charge is 2.31. The smallest absolute Gasteiger partial charge is 0.335 e. The van der Waals surface area contributed by atoms with Crippen LogP contribution in [0, 0.1) is 0 Å². The average Bonchev–Trinajstić information content (AvgIpc) is 3.21. The zero-order chi connectivity index (χ0) is 21.8. The van der Waals surface area contributed by atoms with E-state index in [1.165, 1.54) is 6.07 Å². The molecule has 0 unspecified atom stereocenters. The Labute approximate surface area is 186 Å². The zero-order valence-electron chi connectivity index (χ0n) is 17.1. The summed E-state index contributed by atoms with van der Waals surface area (Å²) in [4.78, 5) is 26.0. The number of pyridine rings is 1. The number of carbonyl (C=O) groups is 1. The van der Waals surface area contributed by atoms with Gasteiger partial charge >= 0.3 is 5.97 Å². The summed E-state index contributed by atoms with van der Waals surface area (Å²) in [6.07, 6.45) is 3.91. The molecule has 1 aliphatic rings. The normalized spacial score (nSPS) is 18.8. The van der Waals surface area contributed by atoms with E-state index in [1.54, 1.807) is 35.9 Å². The van der Waals surface area contributed by atoms with Crippen LogP contribution in [0.25, 0.3) is 0 Å². The Morgan fingerprint density at radius 3 is 2.57 bits per heavy atom. The molecule has 1 saturated carbocycles. The number of rotatable bonds is 8. The molecule has 162 valence electrons. The summed E-state index contributed by atoms with van der Waals surface area (Å²) >= 11 is 12.6. The largest absolute Gasteiger partial charge is 0.478 e. The first-order valence-corrected chi connectivity index (χ1v) is 10.7. The van der Waals surface area contributed by atoms with Gasteiger partial charge in [-0.2, -0.15) is 0 Å². The van der Waals surface area contributed by atoms with Gasteiger partial charge in [-0.3, -0.25) is 9.69 Å². The summed E-state index contributed by atoms with van der Waals surface area (Å²) in [6.45, 7) is 0.904. The molecule has 0 saturated heterocycles. The number of halogens is 2. The molecule has 3 rings (SSSR count). The quantitative estimate of drug-likeness (QED) is 0.652. The van der Waals surface area contributed by atoms with Crippen molar-refractivity contribution in [1.82, 2.24) is 9.47 Å². The molecule has 1 fully saturated rings. The maximum absolute atomic E-state index is 12.8. The summed E-state index contributed by atoms with van der Waals surface area (Å²) in [5.74, 6) is -0.967. The van der Waals surface area contributed by atoms with Gasteiger partial charge in [0.05, 0.1) is 22.4 Å². The number of nitrogens with zero attached hydrogens (tertiary/aromatic N) is 2. The summed E-state index contributed by atoms with van der Waals surface area (Å²) < 4.78 is 7.24. The van der Waals surface area contributed by atoms with Crippen molar-refractivity contribution >= 4 is 29.2 Å². The topological polar surface area (TPSA) is 71.8 Å². The van der Waals surface area contributed by atoms with E-state index in [4.69, 9.17) is 33.0 Å². The second-order valence-electron chi connectivity index (χ2n) is 7.68. The van der Waals surface area contributed by atoms with Gasteiger partial charge in [0, 0.05) is 26.2 Å². The molecule has 0 spiro atoms. The van der Waals surface area contributed by atoms with Crippen molar-refractivity contribution in [1.29, 1.82) is 0 Å². The maximum Gasteiger partial charge on any atom is 0.335 e. The van der Waals surface area contributed by atoms with Gasteiger partial charge in [0.2, 0.25) is 0 Å². The minimum atomic E-state index is -0.967. The lowest BCUT2D eigenvalue weighted by Crippen LogP contribution is -2.39. The number of aryl methyl sites for hydroxylation is 1. The predicted molar refractivity (Wildman–Crippen MR) is 118 cm³/mol. The first-order chi connectivity index (χ1) is 14.3. The van der Waals surface area contributed by atoms with Crippen LogP contribution in [0.1, 0.15) is 40.9 Å². The maximum atomic E-state index is 12.8. The van der Waals surface area contributed by atoms with Crippen molar-refractivity contribution in [3.63, 3.8) is 0 Å². The van der Waals surface area contributed by atoms with Crippen molar-refractivity contribution in [3.05, 3.63) is 67.6 Å². The van der Waals surface area contributed by atoms with Crippen molar-refractivity contribution < 1.29 is 14.6 Å². The zero-order valence-corrected chi connectivity index (χ0v) is 18.6. The number of carboxylic acids is 1. The van der Waals surface area contributed by atoms with Crippen LogP contribution in [0.15, 0.2) is 35.1 Å². The number of carboxylic acid groups (broad SMARTS) is 1. The molecule has 0 aliphatic heterocycles. The third-order valence-corrected chi connectivity index (χ3v) is 6.41. The minimum Gasteiger partial charge on any atom is -0.478 e. The van der Waals surface area contributed by atoms with Gasteiger partial charge in [0.1, 0.15) is 5.02 Å². The van der Waals surface area contributed by atoms with Crippen LogP contribution in [0.4, 0.5) is 0 Å². The molecule has 2 aromatic rings. The average molecular weight is 453 g/mol. The van der Waals surface area contributed by atoms with Crippen molar-refractivity contribution in [2.24, 2.45) is 0 Å². The third kappa shape index (κ3) is 5.06. The number of benzene rings is 1. The van der Waals surface area contributed by atoms with E-state index < -0.39 is 5.97 Å².